The number of fused-ring (bicyclic) bond motifs is 3. The molecule has 0 aliphatic carbocycles. The van der Waals surface area contributed by atoms with Crippen LogP contribution < -0.4 is 10.4 Å². The number of ether oxygens (including phenoxy) is 1. The Morgan fingerprint density at radius 2 is 1.78 bits per heavy atom. The second-order valence-corrected chi connectivity index (χ2v) is 5.11. The number of aromatic hydroxyl groups is 1. The molecular formula is C17H13N3O3. The second-order valence-electron chi connectivity index (χ2n) is 5.11. The molecule has 2 aromatic carbocycles. The Morgan fingerprint density at radius 1 is 1.04 bits per heavy atom. The average molecular weight is 307 g/mol. The first kappa shape index (κ1) is 13.4. The van der Waals surface area contributed by atoms with Crippen molar-refractivity contribution in [1.29, 1.82) is 0 Å². The topological polar surface area (TPSA) is 68.8 Å². The summed E-state index contributed by atoms with van der Waals surface area (Å²) in [5.41, 5.74) is 1.92. The minimum Gasteiger partial charge on any atom is -0.497 e. The van der Waals surface area contributed by atoms with Crippen LogP contribution in [-0.2, 0) is 0 Å². The van der Waals surface area contributed by atoms with E-state index in [1.165, 1.54) is 15.2 Å². The molecule has 6 nitrogen and oxygen atoms in total. The van der Waals surface area contributed by atoms with Gasteiger partial charge in [0, 0.05) is 0 Å². The van der Waals surface area contributed by atoms with Gasteiger partial charge in [0.1, 0.15) is 11.3 Å². The van der Waals surface area contributed by atoms with Crippen molar-refractivity contribution in [3.05, 3.63) is 65.2 Å². The van der Waals surface area contributed by atoms with Gasteiger partial charge in [-0.1, -0.05) is 12.1 Å². The maximum Gasteiger partial charge on any atom is 0.340 e. The van der Waals surface area contributed by atoms with Gasteiger partial charge in [0.25, 0.3) is 0 Å². The summed E-state index contributed by atoms with van der Waals surface area (Å²) >= 11 is 0. The summed E-state index contributed by atoms with van der Waals surface area (Å²) in [6, 6.07) is 14.2. The highest BCUT2D eigenvalue weighted by molar-refractivity contribution is 5.79. The SMILES string of the molecule is COc1ccc(-n2c(O)c3cnc4ccccc4n3c2=O)cc1. The van der Waals surface area contributed by atoms with Crippen LogP contribution in [0.15, 0.2) is 59.5 Å². The van der Waals surface area contributed by atoms with Crippen molar-refractivity contribution >= 4 is 16.6 Å². The van der Waals surface area contributed by atoms with Gasteiger partial charge in [0.15, 0.2) is 0 Å². The number of aromatic nitrogens is 3. The zero-order valence-corrected chi connectivity index (χ0v) is 12.3. The minimum atomic E-state index is -0.346. The Kier molecular flexibility index (Phi) is 2.84. The fourth-order valence-electron chi connectivity index (χ4n) is 2.71. The Labute approximate surface area is 130 Å². The first-order valence-electron chi connectivity index (χ1n) is 7.05. The molecule has 0 unspecified atom stereocenters. The van der Waals surface area contributed by atoms with Gasteiger partial charge in [-0.25, -0.2) is 9.36 Å². The molecule has 0 amide bonds. The molecule has 0 fully saturated rings. The summed E-state index contributed by atoms with van der Waals surface area (Å²) in [5, 5.41) is 10.5. The predicted molar refractivity (Wildman–Crippen MR) is 86.5 cm³/mol. The van der Waals surface area contributed by atoms with Crippen LogP contribution in [-0.4, -0.2) is 26.2 Å². The molecule has 4 aromatic rings. The highest BCUT2D eigenvalue weighted by Gasteiger charge is 2.17. The van der Waals surface area contributed by atoms with E-state index >= 15 is 0 Å². The van der Waals surface area contributed by atoms with E-state index in [-0.39, 0.29) is 11.6 Å². The van der Waals surface area contributed by atoms with Gasteiger partial charge in [-0.05, 0) is 36.4 Å². The van der Waals surface area contributed by atoms with Gasteiger partial charge in [0.2, 0.25) is 5.88 Å². The first-order valence-corrected chi connectivity index (χ1v) is 7.05. The van der Waals surface area contributed by atoms with E-state index in [2.05, 4.69) is 4.98 Å². The second kappa shape index (κ2) is 4.88. The van der Waals surface area contributed by atoms with E-state index in [0.717, 1.165) is 0 Å². The fourth-order valence-corrected chi connectivity index (χ4v) is 2.71. The van der Waals surface area contributed by atoms with Gasteiger partial charge in [-0.2, -0.15) is 0 Å². The Bertz CT molecular complexity index is 1080. The highest BCUT2D eigenvalue weighted by atomic mass is 16.5. The number of hydrogen-bond acceptors (Lipinski definition) is 4. The van der Waals surface area contributed by atoms with E-state index in [0.29, 0.717) is 28.0 Å². The molecule has 0 saturated carbocycles. The van der Waals surface area contributed by atoms with Crippen LogP contribution in [0.25, 0.3) is 22.2 Å². The van der Waals surface area contributed by atoms with Crippen molar-refractivity contribution in [2.45, 2.75) is 0 Å². The number of nitrogens with zero attached hydrogens (tertiary/aromatic N) is 3. The monoisotopic (exact) mass is 307 g/mol. The molecule has 6 heteroatoms. The highest BCUT2D eigenvalue weighted by Crippen LogP contribution is 2.24. The molecule has 0 atom stereocenters. The summed E-state index contributed by atoms with van der Waals surface area (Å²) in [7, 11) is 1.57. The Balaban J connectivity index is 2.07. The van der Waals surface area contributed by atoms with Gasteiger partial charge in [0.05, 0.1) is 30.0 Å². The van der Waals surface area contributed by atoms with Crippen molar-refractivity contribution in [2.24, 2.45) is 0 Å². The van der Waals surface area contributed by atoms with Crippen molar-refractivity contribution in [2.75, 3.05) is 7.11 Å². The molecule has 2 heterocycles. The lowest BCUT2D eigenvalue weighted by Gasteiger charge is -2.04. The summed E-state index contributed by atoms with van der Waals surface area (Å²) in [5.74, 6) is 0.538. The number of hydrogen-bond donors (Lipinski definition) is 1. The van der Waals surface area contributed by atoms with Crippen LogP contribution in [0.4, 0.5) is 0 Å². The summed E-state index contributed by atoms with van der Waals surface area (Å²) < 4.78 is 7.83. The molecule has 0 saturated heterocycles. The van der Waals surface area contributed by atoms with Gasteiger partial charge in [-0.15, -0.1) is 0 Å². The maximum atomic E-state index is 12.8. The van der Waals surface area contributed by atoms with Crippen molar-refractivity contribution < 1.29 is 9.84 Å². The molecule has 114 valence electrons. The molecule has 4 rings (SSSR count). The van der Waals surface area contributed by atoms with E-state index in [1.54, 1.807) is 37.4 Å². The zero-order chi connectivity index (χ0) is 16.0. The largest absolute Gasteiger partial charge is 0.497 e. The molecule has 0 aliphatic rings. The fraction of sp³-hybridized carbons (Fsp3) is 0.0588. The summed E-state index contributed by atoms with van der Waals surface area (Å²) in [4.78, 5) is 17.1. The Morgan fingerprint density at radius 3 is 2.52 bits per heavy atom. The van der Waals surface area contributed by atoms with Crippen LogP contribution in [0.2, 0.25) is 0 Å². The molecule has 1 N–H and O–H groups in total. The Hall–Kier alpha value is -3.28. The number of rotatable bonds is 2. The third-order valence-electron chi connectivity index (χ3n) is 3.84. The lowest BCUT2D eigenvalue weighted by atomic mass is 10.3. The van der Waals surface area contributed by atoms with Crippen LogP contribution in [0.5, 0.6) is 11.6 Å². The predicted octanol–water partition coefficient (Wildman–Crippen LogP) is 2.35. The zero-order valence-electron chi connectivity index (χ0n) is 12.3. The number of para-hydroxylation sites is 2. The summed E-state index contributed by atoms with van der Waals surface area (Å²) in [6.45, 7) is 0. The molecule has 2 aromatic heterocycles. The average Bonchev–Trinajstić information content (AvgIpc) is 2.86. The van der Waals surface area contributed by atoms with Crippen LogP contribution in [0.3, 0.4) is 0 Å². The van der Waals surface area contributed by atoms with E-state index in [1.807, 2.05) is 18.2 Å². The summed E-state index contributed by atoms with van der Waals surface area (Å²) in [6.07, 6.45) is 1.50. The number of imidazole rings is 1. The normalized spacial score (nSPS) is 11.2. The molecule has 23 heavy (non-hydrogen) atoms. The van der Waals surface area contributed by atoms with Crippen LogP contribution >= 0.6 is 0 Å². The minimum absolute atomic E-state index is 0.140. The molecule has 0 aliphatic heterocycles. The smallest absolute Gasteiger partial charge is 0.340 e. The number of methoxy groups -OCH3 is 1. The van der Waals surface area contributed by atoms with Crippen molar-refractivity contribution in [3.8, 4) is 17.3 Å². The first-order chi connectivity index (χ1) is 11.2. The van der Waals surface area contributed by atoms with Crippen LogP contribution in [0.1, 0.15) is 0 Å². The quantitative estimate of drug-likeness (QED) is 0.617. The van der Waals surface area contributed by atoms with Gasteiger partial charge < -0.3 is 9.84 Å². The molecular weight excluding hydrogens is 294 g/mol. The van der Waals surface area contributed by atoms with Gasteiger partial charge >= 0.3 is 5.69 Å². The third-order valence-corrected chi connectivity index (χ3v) is 3.84. The lowest BCUT2D eigenvalue weighted by molar-refractivity contribution is 0.414. The lowest BCUT2D eigenvalue weighted by Crippen LogP contribution is -2.19. The molecule has 0 radical (unpaired) electrons. The van der Waals surface area contributed by atoms with Crippen molar-refractivity contribution in [1.82, 2.24) is 14.0 Å². The third kappa shape index (κ3) is 1.88. The van der Waals surface area contributed by atoms with E-state index in [4.69, 9.17) is 4.74 Å². The number of benzene rings is 2. The van der Waals surface area contributed by atoms with E-state index < -0.39 is 0 Å². The van der Waals surface area contributed by atoms with Crippen LogP contribution in [0, 0.1) is 0 Å². The van der Waals surface area contributed by atoms with Crippen molar-refractivity contribution in [3.63, 3.8) is 0 Å². The maximum absolute atomic E-state index is 12.8. The van der Waals surface area contributed by atoms with Gasteiger partial charge in [-0.3, -0.25) is 9.38 Å². The molecule has 0 bridgehead atoms. The molecule has 0 spiro atoms. The standard InChI is InChI=1S/C17H13N3O3/c1-23-12-8-6-11(7-9-12)19-16(21)15-10-18-13-4-2-3-5-14(13)20(15)17(19)22/h2-10,21H,1H3. The van der Waals surface area contributed by atoms with E-state index in [9.17, 15) is 9.90 Å².